The summed E-state index contributed by atoms with van der Waals surface area (Å²) in [5.41, 5.74) is 0.396. The summed E-state index contributed by atoms with van der Waals surface area (Å²) in [6.45, 7) is 6.83. The van der Waals surface area contributed by atoms with Gasteiger partial charge in [0.15, 0.2) is 0 Å². The Hall–Kier alpha value is -1.50. The quantitative estimate of drug-likeness (QED) is 0.803. The number of nitrogens with zero attached hydrogens (tertiary/aromatic N) is 2. The van der Waals surface area contributed by atoms with Gasteiger partial charge in [-0.2, -0.15) is 0 Å². The van der Waals surface area contributed by atoms with Crippen LogP contribution in [0.25, 0.3) is 0 Å². The van der Waals surface area contributed by atoms with E-state index in [1.54, 1.807) is 6.20 Å². The Labute approximate surface area is 149 Å². The van der Waals surface area contributed by atoms with Gasteiger partial charge in [-0.15, -0.1) is 0 Å². The summed E-state index contributed by atoms with van der Waals surface area (Å²) in [5, 5.41) is 12.9. The van der Waals surface area contributed by atoms with Crippen LogP contribution in [-0.4, -0.2) is 64.9 Å². The number of carbonyl (C=O) groups is 1. The van der Waals surface area contributed by atoms with E-state index in [2.05, 4.69) is 15.2 Å². The minimum Gasteiger partial charge on any atom is -0.393 e. The van der Waals surface area contributed by atoms with Crippen LogP contribution >= 0.6 is 0 Å². The maximum atomic E-state index is 13.0. The third-order valence-corrected chi connectivity index (χ3v) is 5.55. The second kappa shape index (κ2) is 7.81. The molecule has 1 aliphatic heterocycles. The fourth-order valence-corrected chi connectivity index (χ4v) is 3.65. The number of rotatable bonds is 6. The number of aliphatic hydroxyl groups is 1. The van der Waals surface area contributed by atoms with E-state index in [1.807, 2.05) is 32.0 Å². The maximum Gasteiger partial charge on any atom is 0.240 e. The zero-order chi connectivity index (χ0) is 17.9. The number of ether oxygens (including phenoxy) is 1. The molecule has 0 spiro atoms. The highest BCUT2D eigenvalue weighted by atomic mass is 16.5. The van der Waals surface area contributed by atoms with Gasteiger partial charge in [0.05, 0.1) is 24.9 Å². The van der Waals surface area contributed by atoms with Crippen LogP contribution < -0.4 is 5.32 Å². The smallest absolute Gasteiger partial charge is 0.240 e. The zero-order valence-electron chi connectivity index (χ0n) is 15.1. The van der Waals surface area contributed by atoms with E-state index in [-0.39, 0.29) is 18.1 Å². The van der Waals surface area contributed by atoms with E-state index < -0.39 is 5.54 Å². The van der Waals surface area contributed by atoms with E-state index >= 15 is 0 Å². The molecule has 0 bridgehead atoms. The molecule has 1 aromatic heterocycles. The van der Waals surface area contributed by atoms with E-state index in [0.29, 0.717) is 25.6 Å². The number of carbonyl (C=O) groups excluding carboxylic acids is 1. The van der Waals surface area contributed by atoms with Gasteiger partial charge >= 0.3 is 0 Å². The second-order valence-corrected chi connectivity index (χ2v) is 7.65. The number of pyridine rings is 1. The number of amides is 1. The number of morpholine rings is 1. The molecule has 1 unspecified atom stereocenters. The second-order valence-electron chi connectivity index (χ2n) is 7.65. The van der Waals surface area contributed by atoms with Gasteiger partial charge in [0.2, 0.25) is 5.91 Å². The molecule has 2 fully saturated rings. The lowest BCUT2D eigenvalue weighted by Crippen LogP contribution is -2.61. The molecular weight excluding hydrogens is 318 g/mol. The SMILES string of the molecule is CC(C)(C(=O)NC(Cc1ccccn1)C1CC(O)C1)N1CCOCC1. The van der Waals surface area contributed by atoms with Crippen LogP contribution in [-0.2, 0) is 16.0 Å². The molecule has 1 saturated carbocycles. The summed E-state index contributed by atoms with van der Waals surface area (Å²) in [6, 6.07) is 5.85. The molecule has 25 heavy (non-hydrogen) atoms. The highest BCUT2D eigenvalue weighted by molar-refractivity contribution is 5.85. The molecule has 3 rings (SSSR count). The van der Waals surface area contributed by atoms with Crippen LogP contribution in [0.15, 0.2) is 24.4 Å². The van der Waals surface area contributed by atoms with Crippen molar-refractivity contribution in [2.75, 3.05) is 26.3 Å². The Morgan fingerprint density at radius 1 is 1.40 bits per heavy atom. The maximum absolute atomic E-state index is 13.0. The van der Waals surface area contributed by atoms with Gasteiger partial charge in [-0.25, -0.2) is 0 Å². The summed E-state index contributed by atoms with van der Waals surface area (Å²) in [5.74, 6) is 0.346. The fourth-order valence-electron chi connectivity index (χ4n) is 3.65. The summed E-state index contributed by atoms with van der Waals surface area (Å²) < 4.78 is 5.40. The van der Waals surface area contributed by atoms with Crippen LogP contribution in [0.2, 0.25) is 0 Å². The lowest BCUT2D eigenvalue weighted by molar-refractivity contribution is -0.136. The van der Waals surface area contributed by atoms with E-state index in [1.165, 1.54) is 0 Å². The standard InChI is InChI=1S/C19H29N3O3/c1-19(2,22-7-9-25-10-8-22)18(24)21-17(14-11-16(23)12-14)13-15-5-3-4-6-20-15/h3-6,14,16-17,23H,7-13H2,1-2H3,(H,21,24). The Morgan fingerprint density at radius 2 is 2.12 bits per heavy atom. The number of aromatic nitrogens is 1. The monoisotopic (exact) mass is 347 g/mol. The topological polar surface area (TPSA) is 74.7 Å². The fraction of sp³-hybridized carbons (Fsp3) is 0.684. The van der Waals surface area contributed by atoms with E-state index in [9.17, 15) is 9.90 Å². The first-order valence-electron chi connectivity index (χ1n) is 9.18. The third-order valence-electron chi connectivity index (χ3n) is 5.55. The van der Waals surface area contributed by atoms with Crippen LogP contribution in [0, 0.1) is 5.92 Å². The van der Waals surface area contributed by atoms with Crippen molar-refractivity contribution in [1.82, 2.24) is 15.2 Å². The molecule has 1 atom stereocenters. The third kappa shape index (κ3) is 4.37. The molecule has 2 N–H and O–H groups in total. The van der Waals surface area contributed by atoms with E-state index in [0.717, 1.165) is 31.6 Å². The average Bonchev–Trinajstić information content (AvgIpc) is 2.60. The number of nitrogens with one attached hydrogen (secondary N) is 1. The first-order chi connectivity index (χ1) is 12.0. The Morgan fingerprint density at radius 3 is 2.72 bits per heavy atom. The van der Waals surface area contributed by atoms with Crippen molar-refractivity contribution in [2.24, 2.45) is 5.92 Å². The average molecular weight is 347 g/mol. The zero-order valence-corrected chi connectivity index (χ0v) is 15.1. The minimum atomic E-state index is -0.575. The molecule has 6 heteroatoms. The van der Waals surface area contributed by atoms with Gasteiger partial charge in [0.25, 0.3) is 0 Å². The molecule has 0 aromatic carbocycles. The summed E-state index contributed by atoms with van der Waals surface area (Å²) in [7, 11) is 0. The summed E-state index contributed by atoms with van der Waals surface area (Å²) in [4.78, 5) is 19.6. The van der Waals surface area contributed by atoms with E-state index in [4.69, 9.17) is 4.74 Å². The molecule has 138 valence electrons. The van der Waals surface area contributed by atoms with Gasteiger partial charge in [0, 0.05) is 37.4 Å². The first kappa shape index (κ1) is 18.3. The molecule has 0 radical (unpaired) electrons. The Kier molecular flexibility index (Phi) is 5.71. The molecule has 1 saturated heterocycles. The molecule has 1 aromatic rings. The highest BCUT2D eigenvalue weighted by Gasteiger charge is 2.40. The highest BCUT2D eigenvalue weighted by Crippen LogP contribution is 2.32. The predicted molar refractivity (Wildman–Crippen MR) is 95.1 cm³/mol. The summed E-state index contributed by atoms with van der Waals surface area (Å²) >= 11 is 0. The molecule has 6 nitrogen and oxygen atoms in total. The molecule has 2 heterocycles. The van der Waals surface area contributed by atoms with Crippen molar-refractivity contribution in [1.29, 1.82) is 0 Å². The molecule has 2 aliphatic rings. The first-order valence-corrected chi connectivity index (χ1v) is 9.18. The van der Waals surface area contributed by atoms with Crippen molar-refractivity contribution in [3.63, 3.8) is 0 Å². The largest absolute Gasteiger partial charge is 0.393 e. The normalized spacial score (nSPS) is 25.9. The van der Waals surface area contributed by atoms with Crippen molar-refractivity contribution in [3.8, 4) is 0 Å². The van der Waals surface area contributed by atoms with Crippen molar-refractivity contribution >= 4 is 5.91 Å². The van der Waals surface area contributed by atoms with Gasteiger partial charge < -0.3 is 15.2 Å². The number of aliphatic hydroxyl groups excluding tert-OH is 1. The van der Waals surface area contributed by atoms with Crippen LogP contribution in [0.3, 0.4) is 0 Å². The van der Waals surface area contributed by atoms with Gasteiger partial charge in [-0.3, -0.25) is 14.7 Å². The number of hydrogen-bond acceptors (Lipinski definition) is 5. The molecular formula is C19H29N3O3. The lowest BCUT2D eigenvalue weighted by Gasteiger charge is -2.43. The van der Waals surface area contributed by atoms with Gasteiger partial charge in [0.1, 0.15) is 0 Å². The number of hydrogen-bond donors (Lipinski definition) is 2. The Bertz CT molecular complexity index is 567. The summed E-state index contributed by atoms with van der Waals surface area (Å²) in [6.07, 6.45) is 3.73. The van der Waals surface area contributed by atoms with Crippen LogP contribution in [0.4, 0.5) is 0 Å². The Balaban J connectivity index is 1.67. The van der Waals surface area contributed by atoms with Crippen molar-refractivity contribution in [3.05, 3.63) is 30.1 Å². The van der Waals surface area contributed by atoms with Crippen molar-refractivity contribution < 1.29 is 14.6 Å². The minimum absolute atomic E-state index is 0.00566. The molecule has 1 aliphatic carbocycles. The van der Waals surface area contributed by atoms with Gasteiger partial charge in [-0.1, -0.05) is 6.07 Å². The van der Waals surface area contributed by atoms with Crippen LogP contribution in [0.1, 0.15) is 32.4 Å². The lowest BCUT2D eigenvalue weighted by atomic mass is 9.75. The van der Waals surface area contributed by atoms with Crippen molar-refractivity contribution in [2.45, 2.75) is 50.8 Å². The van der Waals surface area contributed by atoms with Crippen LogP contribution in [0.5, 0.6) is 0 Å². The van der Waals surface area contributed by atoms with Gasteiger partial charge in [-0.05, 0) is 44.7 Å². The molecule has 1 amide bonds. The predicted octanol–water partition coefficient (Wildman–Crippen LogP) is 0.991.